The lowest BCUT2D eigenvalue weighted by atomic mass is 9.95. The highest BCUT2D eigenvalue weighted by atomic mass is 31.2. The van der Waals surface area contributed by atoms with Crippen LogP contribution in [0, 0.1) is 0 Å². The Bertz CT molecular complexity index is 936. The van der Waals surface area contributed by atoms with Crippen LogP contribution in [0.5, 0.6) is 0 Å². The van der Waals surface area contributed by atoms with Gasteiger partial charge in [0, 0.05) is 10.6 Å². The Morgan fingerprint density at radius 3 is 1.68 bits per heavy atom. The van der Waals surface area contributed by atoms with E-state index in [1.54, 1.807) is 54.6 Å². The number of carbonyl (C=O) groups is 1. The number of hydrogen-bond acceptors (Lipinski definition) is 4. The van der Waals surface area contributed by atoms with E-state index < -0.39 is 24.6 Å². The summed E-state index contributed by atoms with van der Waals surface area (Å²) in [6.07, 6.45) is 0. The van der Waals surface area contributed by atoms with Gasteiger partial charge >= 0.3 is 5.97 Å². The summed E-state index contributed by atoms with van der Waals surface area (Å²) in [6.45, 7) is 0. The van der Waals surface area contributed by atoms with Crippen LogP contribution in [0.15, 0.2) is 91.0 Å². The molecule has 0 saturated heterocycles. The summed E-state index contributed by atoms with van der Waals surface area (Å²) in [5.74, 6) is -3.67. The Labute approximate surface area is 163 Å². The predicted molar refractivity (Wildman–Crippen MR) is 107 cm³/mol. The van der Waals surface area contributed by atoms with Gasteiger partial charge in [0.15, 0.2) is 7.14 Å². The van der Waals surface area contributed by atoms with Crippen molar-refractivity contribution in [1.82, 2.24) is 0 Å². The van der Waals surface area contributed by atoms with Gasteiger partial charge in [0.1, 0.15) is 0 Å². The van der Waals surface area contributed by atoms with Crippen molar-refractivity contribution in [3.05, 3.63) is 96.6 Å². The van der Waals surface area contributed by atoms with Gasteiger partial charge in [0.05, 0.1) is 7.11 Å². The van der Waals surface area contributed by atoms with Gasteiger partial charge in [-0.2, -0.15) is 0 Å². The van der Waals surface area contributed by atoms with Crippen LogP contribution in [-0.4, -0.2) is 24.1 Å². The number of halogens is 1. The van der Waals surface area contributed by atoms with Crippen LogP contribution in [0.2, 0.25) is 0 Å². The molecule has 0 unspecified atom stereocenters. The van der Waals surface area contributed by atoms with Crippen molar-refractivity contribution in [2.45, 2.75) is 11.5 Å². The van der Waals surface area contributed by atoms with E-state index in [9.17, 15) is 14.5 Å². The number of alkyl halides is 1. The van der Waals surface area contributed by atoms with Gasteiger partial charge in [0.25, 0.3) is 0 Å². The molecule has 0 aliphatic rings. The summed E-state index contributed by atoms with van der Waals surface area (Å²) in [7, 11) is -3.03. The minimum absolute atomic E-state index is 0.0264. The molecule has 0 fully saturated rings. The van der Waals surface area contributed by atoms with Crippen LogP contribution in [-0.2, 0) is 19.7 Å². The monoisotopic (exact) mass is 398 g/mol. The predicted octanol–water partition coefficient (Wildman–Crippen LogP) is 3.36. The molecule has 0 spiro atoms. The Morgan fingerprint density at radius 2 is 1.29 bits per heavy atom. The largest absolute Gasteiger partial charge is 0.467 e. The fourth-order valence-electron chi connectivity index (χ4n) is 3.17. The summed E-state index contributed by atoms with van der Waals surface area (Å²) < 4.78 is 35.1. The molecule has 144 valence electrons. The van der Waals surface area contributed by atoms with E-state index in [0.717, 1.165) is 7.11 Å². The summed E-state index contributed by atoms with van der Waals surface area (Å²) in [4.78, 5) is 12.6. The van der Waals surface area contributed by atoms with E-state index in [1.807, 2.05) is 0 Å². The lowest BCUT2D eigenvalue weighted by Gasteiger charge is -2.34. The van der Waals surface area contributed by atoms with E-state index in [2.05, 4.69) is 0 Å². The molecule has 0 aliphatic carbocycles. The molecule has 3 rings (SSSR count). The molecule has 0 radical (unpaired) electrons. The average Bonchev–Trinajstić information content (AvgIpc) is 2.78. The molecule has 2 atom stereocenters. The number of aliphatic hydroxyl groups is 1. The van der Waals surface area contributed by atoms with Crippen molar-refractivity contribution in [2.75, 3.05) is 7.11 Å². The average molecular weight is 398 g/mol. The highest BCUT2D eigenvalue weighted by molar-refractivity contribution is 7.79. The van der Waals surface area contributed by atoms with Gasteiger partial charge in [-0.3, -0.25) is 0 Å². The van der Waals surface area contributed by atoms with Crippen LogP contribution in [0.25, 0.3) is 0 Å². The SMILES string of the molecule is COC(=O)[C@](O)(c1ccccc1)[C@H](F)P(=O)(c1ccccc1)c1ccccc1. The maximum Gasteiger partial charge on any atom is 0.346 e. The quantitative estimate of drug-likeness (QED) is 0.511. The third-order valence-corrected chi connectivity index (χ3v) is 7.80. The van der Waals surface area contributed by atoms with Gasteiger partial charge in [-0.05, 0) is 5.56 Å². The molecule has 28 heavy (non-hydrogen) atoms. The maximum absolute atomic E-state index is 16.2. The topological polar surface area (TPSA) is 63.6 Å². The van der Waals surface area contributed by atoms with Crippen LogP contribution in [0.4, 0.5) is 4.39 Å². The fourth-order valence-corrected chi connectivity index (χ4v) is 6.01. The minimum atomic E-state index is -4.09. The van der Waals surface area contributed by atoms with E-state index in [1.165, 1.54) is 36.4 Å². The van der Waals surface area contributed by atoms with Gasteiger partial charge in [-0.1, -0.05) is 91.0 Å². The van der Waals surface area contributed by atoms with Crippen LogP contribution in [0.3, 0.4) is 0 Å². The zero-order valence-electron chi connectivity index (χ0n) is 15.2. The van der Waals surface area contributed by atoms with E-state index in [0.29, 0.717) is 0 Å². The van der Waals surface area contributed by atoms with Gasteiger partial charge < -0.3 is 14.4 Å². The Hall–Kier alpha value is -2.75. The lowest BCUT2D eigenvalue weighted by Crippen LogP contribution is -2.48. The van der Waals surface area contributed by atoms with Crippen molar-refractivity contribution in [1.29, 1.82) is 0 Å². The summed E-state index contributed by atoms with van der Waals surface area (Å²) in [6, 6.07) is 23.7. The smallest absolute Gasteiger partial charge is 0.346 e. The van der Waals surface area contributed by atoms with Crippen molar-refractivity contribution in [3.63, 3.8) is 0 Å². The fraction of sp³-hybridized carbons (Fsp3) is 0.136. The first-order valence-corrected chi connectivity index (χ1v) is 10.4. The molecule has 3 aromatic carbocycles. The molecular weight excluding hydrogens is 378 g/mol. The van der Waals surface area contributed by atoms with Gasteiger partial charge in [-0.25, -0.2) is 9.18 Å². The molecule has 1 N–H and O–H groups in total. The highest BCUT2D eigenvalue weighted by Gasteiger charge is 2.57. The maximum atomic E-state index is 16.2. The Balaban J connectivity index is 2.27. The molecule has 0 bridgehead atoms. The number of benzene rings is 3. The summed E-state index contributed by atoms with van der Waals surface area (Å²) >= 11 is 0. The van der Waals surface area contributed by atoms with Crippen LogP contribution < -0.4 is 10.6 Å². The third kappa shape index (κ3) is 3.28. The molecule has 0 amide bonds. The molecule has 6 heteroatoms. The molecule has 0 saturated carbocycles. The normalized spacial score (nSPS) is 14.7. The van der Waals surface area contributed by atoms with E-state index in [4.69, 9.17) is 4.74 Å². The van der Waals surface area contributed by atoms with Crippen molar-refractivity contribution < 1.29 is 23.6 Å². The molecular formula is C22H20FO4P. The van der Waals surface area contributed by atoms with E-state index >= 15 is 4.39 Å². The first-order valence-electron chi connectivity index (χ1n) is 8.67. The molecule has 0 heterocycles. The number of carbonyl (C=O) groups excluding carboxylic acids is 1. The second kappa shape index (κ2) is 8.09. The second-order valence-corrected chi connectivity index (χ2v) is 9.09. The standard InChI is InChI=1S/C22H20FO4P/c1-27-21(24)22(25,17-11-5-2-6-12-17)20(23)28(26,18-13-7-3-8-14-18)19-15-9-4-10-16-19/h2-16,20,25H,1H3/t20-,22+/m1/s1. The Morgan fingerprint density at radius 1 is 0.893 bits per heavy atom. The minimum Gasteiger partial charge on any atom is -0.467 e. The first-order chi connectivity index (χ1) is 13.5. The molecule has 0 aromatic heterocycles. The number of rotatable bonds is 6. The number of esters is 1. The van der Waals surface area contributed by atoms with Crippen molar-refractivity contribution in [3.8, 4) is 0 Å². The first kappa shape index (κ1) is 20.0. The van der Waals surface area contributed by atoms with Gasteiger partial charge in [0.2, 0.25) is 11.5 Å². The summed E-state index contributed by atoms with van der Waals surface area (Å²) in [5.41, 5.74) is -2.77. The van der Waals surface area contributed by atoms with Crippen molar-refractivity contribution in [2.24, 2.45) is 0 Å². The second-order valence-electron chi connectivity index (χ2n) is 6.29. The number of methoxy groups -OCH3 is 1. The number of hydrogen-bond donors (Lipinski definition) is 1. The van der Waals surface area contributed by atoms with E-state index in [-0.39, 0.29) is 16.2 Å². The van der Waals surface area contributed by atoms with Crippen LogP contribution >= 0.6 is 7.14 Å². The zero-order valence-corrected chi connectivity index (χ0v) is 16.1. The summed E-state index contributed by atoms with van der Waals surface area (Å²) in [5, 5.41) is 11.7. The molecule has 3 aromatic rings. The van der Waals surface area contributed by atoms with Crippen molar-refractivity contribution >= 4 is 23.7 Å². The van der Waals surface area contributed by atoms with Gasteiger partial charge in [-0.15, -0.1) is 0 Å². The highest BCUT2D eigenvalue weighted by Crippen LogP contribution is 2.56. The molecule has 4 nitrogen and oxygen atoms in total. The molecule has 0 aliphatic heterocycles. The number of ether oxygens (including phenoxy) is 1. The Kier molecular flexibility index (Phi) is 5.78. The third-order valence-electron chi connectivity index (χ3n) is 4.65. The van der Waals surface area contributed by atoms with Crippen LogP contribution in [0.1, 0.15) is 5.56 Å². The lowest BCUT2D eigenvalue weighted by molar-refractivity contribution is -0.167. The zero-order chi connectivity index (χ0) is 20.2.